The van der Waals surface area contributed by atoms with E-state index in [9.17, 15) is 0 Å². The number of rotatable bonds is 2. The molecule has 1 atom stereocenters. The minimum absolute atomic E-state index is 0.698. The largest absolute Gasteiger partial charge is 0.384 e. The fraction of sp³-hybridized carbons (Fsp3) is 0.750. The van der Waals surface area contributed by atoms with Gasteiger partial charge in [-0.25, -0.2) is 0 Å². The Hall–Kier alpha value is -0.300. The van der Waals surface area contributed by atoms with Crippen LogP contribution in [-0.4, -0.2) is 13.7 Å². The van der Waals surface area contributed by atoms with Crippen molar-refractivity contribution in [2.75, 3.05) is 13.7 Å². The van der Waals surface area contributed by atoms with Gasteiger partial charge in [0.25, 0.3) is 0 Å². The Balaban J connectivity index is 2.23. The van der Waals surface area contributed by atoms with E-state index >= 15 is 0 Å². The van der Waals surface area contributed by atoms with Gasteiger partial charge in [-0.05, 0) is 19.3 Å². The summed E-state index contributed by atoms with van der Waals surface area (Å²) in [6, 6.07) is 0. The van der Waals surface area contributed by atoms with Crippen molar-refractivity contribution in [2.45, 2.75) is 19.3 Å². The summed E-state index contributed by atoms with van der Waals surface area (Å²) in [5.41, 5.74) is 0. The first-order valence-electron chi connectivity index (χ1n) is 3.59. The van der Waals surface area contributed by atoms with Gasteiger partial charge < -0.3 is 4.74 Å². The topological polar surface area (TPSA) is 9.23 Å². The Labute approximate surface area is 56.7 Å². The number of allylic oxidation sites excluding steroid dienone is 1. The molecular formula is C8H14O. The van der Waals surface area contributed by atoms with Gasteiger partial charge in [0.05, 0.1) is 6.61 Å². The first-order valence-corrected chi connectivity index (χ1v) is 3.59. The third-order valence-corrected chi connectivity index (χ3v) is 1.73. The maximum absolute atomic E-state index is 5.03. The Morgan fingerprint density at radius 1 is 1.67 bits per heavy atom. The van der Waals surface area contributed by atoms with Gasteiger partial charge >= 0.3 is 0 Å². The summed E-state index contributed by atoms with van der Waals surface area (Å²) in [5.74, 6) is 0.698. The Morgan fingerprint density at radius 3 is 3.11 bits per heavy atom. The maximum atomic E-state index is 5.03. The second kappa shape index (κ2) is 3.67. The highest BCUT2D eigenvalue weighted by Crippen LogP contribution is 2.16. The van der Waals surface area contributed by atoms with Gasteiger partial charge in [-0.1, -0.05) is 12.2 Å². The van der Waals surface area contributed by atoms with Gasteiger partial charge in [0.15, 0.2) is 0 Å². The van der Waals surface area contributed by atoms with Crippen molar-refractivity contribution in [2.24, 2.45) is 5.92 Å². The quantitative estimate of drug-likeness (QED) is 0.514. The van der Waals surface area contributed by atoms with Gasteiger partial charge in [-0.3, -0.25) is 0 Å². The van der Waals surface area contributed by atoms with E-state index < -0.39 is 0 Å². The molecule has 0 fully saturated rings. The van der Waals surface area contributed by atoms with Gasteiger partial charge in [-0.2, -0.15) is 0 Å². The molecule has 0 aliphatic heterocycles. The van der Waals surface area contributed by atoms with Crippen LogP contribution in [0.3, 0.4) is 0 Å². The van der Waals surface area contributed by atoms with Crippen molar-refractivity contribution < 1.29 is 4.74 Å². The standard InChI is InChI=1S/C8H14O/c1-9-7-8-5-3-2-4-6-8/h3,5,8H,2,4,6-7H2,1H3. The molecule has 0 saturated heterocycles. The lowest BCUT2D eigenvalue weighted by Gasteiger charge is -2.14. The molecule has 0 aromatic carbocycles. The molecule has 0 spiro atoms. The molecule has 0 aromatic heterocycles. The Morgan fingerprint density at radius 2 is 2.56 bits per heavy atom. The van der Waals surface area contributed by atoms with E-state index in [4.69, 9.17) is 4.74 Å². The summed E-state index contributed by atoms with van der Waals surface area (Å²) in [6.45, 7) is 0.899. The van der Waals surface area contributed by atoms with E-state index in [-0.39, 0.29) is 0 Å². The zero-order valence-corrected chi connectivity index (χ0v) is 5.97. The van der Waals surface area contributed by atoms with Crippen molar-refractivity contribution in [3.63, 3.8) is 0 Å². The molecule has 9 heavy (non-hydrogen) atoms. The van der Waals surface area contributed by atoms with Crippen LogP contribution in [0.15, 0.2) is 12.2 Å². The second-order valence-corrected chi connectivity index (χ2v) is 2.57. The first kappa shape index (κ1) is 6.81. The molecule has 1 aliphatic carbocycles. The van der Waals surface area contributed by atoms with E-state index in [0.717, 1.165) is 6.61 Å². The van der Waals surface area contributed by atoms with Crippen molar-refractivity contribution in [3.05, 3.63) is 12.2 Å². The summed E-state index contributed by atoms with van der Waals surface area (Å²) < 4.78 is 5.03. The highest BCUT2D eigenvalue weighted by Gasteiger charge is 2.06. The zero-order valence-electron chi connectivity index (χ0n) is 5.97. The molecule has 1 aliphatic rings. The van der Waals surface area contributed by atoms with E-state index in [1.165, 1.54) is 19.3 Å². The van der Waals surface area contributed by atoms with Crippen molar-refractivity contribution in [3.8, 4) is 0 Å². The highest BCUT2D eigenvalue weighted by molar-refractivity contribution is 4.92. The van der Waals surface area contributed by atoms with Crippen molar-refractivity contribution in [1.82, 2.24) is 0 Å². The predicted octanol–water partition coefficient (Wildman–Crippen LogP) is 1.99. The molecular weight excluding hydrogens is 112 g/mol. The lowest BCUT2D eigenvalue weighted by molar-refractivity contribution is 0.163. The smallest absolute Gasteiger partial charge is 0.0525 e. The number of hydrogen-bond donors (Lipinski definition) is 0. The molecule has 0 saturated carbocycles. The fourth-order valence-corrected chi connectivity index (χ4v) is 1.24. The average Bonchev–Trinajstić information content (AvgIpc) is 1.91. The summed E-state index contributed by atoms with van der Waals surface area (Å²) in [5, 5.41) is 0. The van der Waals surface area contributed by atoms with Crippen LogP contribution in [0.5, 0.6) is 0 Å². The number of methoxy groups -OCH3 is 1. The molecule has 0 radical (unpaired) electrons. The molecule has 1 rings (SSSR count). The molecule has 1 nitrogen and oxygen atoms in total. The van der Waals surface area contributed by atoms with Gasteiger partial charge in [0, 0.05) is 13.0 Å². The minimum atomic E-state index is 0.698. The number of hydrogen-bond acceptors (Lipinski definition) is 1. The third-order valence-electron chi connectivity index (χ3n) is 1.73. The Bertz CT molecular complexity index is 96.7. The van der Waals surface area contributed by atoms with Crippen molar-refractivity contribution in [1.29, 1.82) is 0 Å². The van der Waals surface area contributed by atoms with Crippen LogP contribution >= 0.6 is 0 Å². The average molecular weight is 126 g/mol. The van der Waals surface area contributed by atoms with Crippen molar-refractivity contribution >= 4 is 0 Å². The van der Waals surface area contributed by atoms with Gasteiger partial charge in [-0.15, -0.1) is 0 Å². The predicted molar refractivity (Wildman–Crippen MR) is 38.4 cm³/mol. The first-order chi connectivity index (χ1) is 4.43. The molecule has 1 heteroatoms. The molecule has 52 valence electrons. The van der Waals surface area contributed by atoms with Crippen LogP contribution < -0.4 is 0 Å². The SMILES string of the molecule is COCC1C=CCCC1. The monoisotopic (exact) mass is 126 g/mol. The van der Waals surface area contributed by atoms with Gasteiger partial charge in [0.1, 0.15) is 0 Å². The maximum Gasteiger partial charge on any atom is 0.0525 e. The third kappa shape index (κ3) is 2.19. The van der Waals surface area contributed by atoms with Crippen LogP contribution in [0.1, 0.15) is 19.3 Å². The van der Waals surface area contributed by atoms with Crippen LogP contribution in [-0.2, 0) is 4.74 Å². The minimum Gasteiger partial charge on any atom is -0.384 e. The summed E-state index contributed by atoms with van der Waals surface area (Å²) in [4.78, 5) is 0. The van der Waals surface area contributed by atoms with E-state index in [2.05, 4.69) is 12.2 Å². The lowest BCUT2D eigenvalue weighted by Crippen LogP contribution is -2.07. The van der Waals surface area contributed by atoms with Crippen LogP contribution in [0.4, 0.5) is 0 Å². The van der Waals surface area contributed by atoms with E-state index in [1.54, 1.807) is 7.11 Å². The molecule has 0 heterocycles. The Kier molecular flexibility index (Phi) is 2.78. The van der Waals surface area contributed by atoms with E-state index in [1.807, 2.05) is 0 Å². The van der Waals surface area contributed by atoms with Crippen LogP contribution in [0.2, 0.25) is 0 Å². The van der Waals surface area contributed by atoms with Crippen LogP contribution in [0, 0.1) is 5.92 Å². The highest BCUT2D eigenvalue weighted by atomic mass is 16.5. The normalized spacial score (nSPS) is 26.6. The summed E-state index contributed by atoms with van der Waals surface area (Å²) >= 11 is 0. The summed E-state index contributed by atoms with van der Waals surface area (Å²) in [7, 11) is 1.77. The lowest BCUT2D eigenvalue weighted by atomic mass is 9.97. The molecule has 1 unspecified atom stereocenters. The van der Waals surface area contributed by atoms with E-state index in [0.29, 0.717) is 5.92 Å². The zero-order chi connectivity index (χ0) is 6.53. The summed E-state index contributed by atoms with van der Waals surface area (Å²) in [6.07, 6.45) is 8.44. The second-order valence-electron chi connectivity index (χ2n) is 2.57. The van der Waals surface area contributed by atoms with Crippen LogP contribution in [0.25, 0.3) is 0 Å². The number of ether oxygens (including phenoxy) is 1. The molecule has 0 bridgehead atoms. The fourth-order valence-electron chi connectivity index (χ4n) is 1.24. The molecule has 0 aromatic rings. The molecule has 0 amide bonds. The van der Waals surface area contributed by atoms with Gasteiger partial charge in [0.2, 0.25) is 0 Å². The molecule has 0 N–H and O–H groups in total.